The number of hydrogen-bond donors (Lipinski definition) is 1. The molecule has 0 radical (unpaired) electrons. The molecule has 2 aromatic rings. The molecule has 2 rings (SSSR count). The largest absolute Gasteiger partial charge is 0.492 e. The Kier molecular flexibility index (Phi) is 2.83. The molecule has 1 heterocycles. The molecular formula is C11H10ClFN2O. The minimum atomic E-state index is -0.366. The first-order valence-corrected chi connectivity index (χ1v) is 5.10. The predicted molar refractivity (Wildman–Crippen MR) is 59.1 cm³/mol. The molecule has 1 aromatic carbocycles. The van der Waals surface area contributed by atoms with E-state index >= 15 is 0 Å². The van der Waals surface area contributed by atoms with E-state index in [-0.39, 0.29) is 18.1 Å². The number of rotatable bonds is 2. The predicted octanol–water partition coefficient (Wildman–Crippen LogP) is 2.51. The minimum absolute atomic E-state index is 0.0787. The van der Waals surface area contributed by atoms with E-state index in [9.17, 15) is 9.50 Å². The summed E-state index contributed by atoms with van der Waals surface area (Å²) in [4.78, 5) is 3.88. The second-order valence-electron chi connectivity index (χ2n) is 3.50. The van der Waals surface area contributed by atoms with Gasteiger partial charge in [0.05, 0.1) is 6.20 Å². The lowest BCUT2D eigenvalue weighted by Crippen LogP contribution is -2.01. The standard InChI is InChI=1S/C11H10ClFN2O/c1-15-6-11(16)14-10(15)5-7-8(12)3-2-4-9(7)13/h2-4,6,16H,5H2,1H3. The summed E-state index contributed by atoms with van der Waals surface area (Å²) < 4.78 is 15.1. The average molecular weight is 241 g/mol. The fraction of sp³-hybridized carbons (Fsp3) is 0.182. The summed E-state index contributed by atoms with van der Waals surface area (Å²) in [6.07, 6.45) is 1.71. The number of nitrogens with zero attached hydrogens (tertiary/aromatic N) is 2. The third-order valence-corrected chi connectivity index (χ3v) is 2.71. The molecule has 84 valence electrons. The SMILES string of the molecule is Cn1cc(O)nc1Cc1c(F)cccc1Cl. The van der Waals surface area contributed by atoms with Crippen molar-refractivity contribution in [2.24, 2.45) is 7.05 Å². The summed E-state index contributed by atoms with van der Waals surface area (Å²) in [5.41, 5.74) is 0.387. The van der Waals surface area contributed by atoms with Crippen LogP contribution in [-0.2, 0) is 13.5 Å². The molecular weight excluding hydrogens is 231 g/mol. The van der Waals surface area contributed by atoms with Crippen LogP contribution in [0.4, 0.5) is 4.39 Å². The molecule has 5 heteroatoms. The van der Waals surface area contributed by atoms with Crippen molar-refractivity contribution >= 4 is 11.6 Å². The Morgan fingerprint density at radius 1 is 1.50 bits per heavy atom. The van der Waals surface area contributed by atoms with E-state index in [0.29, 0.717) is 16.4 Å². The monoisotopic (exact) mass is 240 g/mol. The molecule has 1 aromatic heterocycles. The molecule has 0 fully saturated rings. The quantitative estimate of drug-likeness (QED) is 0.876. The van der Waals surface area contributed by atoms with Crippen LogP contribution in [0.3, 0.4) is 0 Å². The maximum Gasteiger partial charge on any atom is 0.229 e. The van der Waals surface area contributed by atoms with Crippen LogP contribution in [-0.4, -0.2) is 14.7 Å². The van der Waals surface area contributed by atoms with E-state index in [1.54, 1.807) is 23.7 Å². The Balaban J connectivity index is 2.37. The maximum atomic E-state index is 13.5. The van der Waals surface area contributed by atoms with E-state index < -0.39 is 0 Å². The topological polar surface area (TPSA) is 38.0 Å². The van der Waals surface area contributed by atoms with Crippen molar-refractivity contribution in [3.8, 4) is 5.88 Å². The Morgan fingerprint density at radius 2 is 2.25 bits per heavy atom. The van der Waals surface area contributed by atoms with Gasteiger partial charge >= 0.3 is 0 Å². The van der Waals surface area contributed by atoms with E-state index in [0.717, 1.165) is 0 Å². The second-order valence-corrected chi connectivity index (χ2v) is 3.91. The summed E-state index contributed by atoms with van der Waals surface area (Å²) in [6.45, 7) is 0. The fourth-order valence-corrected chi connectivity index (χ4v) is 1.74. The van der Waals surface area contributed by atoms with Gasteiger partial charge in [-0.05, 0) is 12.1 Å². The van der Waals surface area contributed by atoms with E-state index in [1.807, 2.05) is 0 Å². The minimum Gasteiger partial charge on any atom is -0.492 e. The number of aromatic nitrogens is 2. The molecule has 16 heavy (non-hydrogen) atoms. The fourth-order valence-electron chi connectivity index (χ4n) is 1.51. The molecule has 0 atom stereocenters. The average Bonchev–Trinajstić information content (AvgIpc) is 2.51. The first kappa shape index (κ1) is 11.0. The summed E-state index contributed by atoms with van der Waals surface area (Å²) in [5.74, 6) is 0.115. The van der Waals surface area contributed by atoms with Gasteiger partial charge < -0.3 is 9.67 Å². The smallest absolute Gasteiger partial charge is 0.229 e. The molecule has 0 saturated carbocycles. The van der Waals surface area contributed by atoms with Gasteiger partial charge in [-0.1, -0.05) is 17.7 Å². The summed E-state index contributed by atoms with van der Waals surface area (Å²) >= 11 is 5.90. The van der Waals surface area contributed by atoms with Crippen LogP contribution in [0.1, 0.15) is 11.4 Å². The highest BCUT2D eigenvalue weighted by atomic mass is 35.5. The normalized spacial score (nSPS) is 10.7. The third kappa shape index (κ3) is 2.02. The Labute approximate surface area is 97.1 Å². The van der Waals surface area contributed by atoms with Crippen molar-refractivity contribution in [3.05, 3.63) is 46.6 Å². The lowest BCUT2D eigenvalue weighted by molar-refractivity contribution is 0.455. The van der Waals surface area contributed by atoms with Gasteiger partial charge in [-0.25, -0.2) is 4.39 Å². The van der Waals surface area contributed by atoms with Crippen LogP contribution in [0.15, 0.2) is 24.4 Å². The van der Waals surface area contributed by atoms with Gasteiger partial charge in [-0.3, -0.25) is 0 Å². The van der Waals surface area contributed by atoms with Crippen LogP contribution >= 0.6 is 11.6 Å². The zero-order valence-electron chi connectivity index (χ0n) is 8.61. The van der Waals surface area contributed by atoms with Crippen molar-refractivity contribution in [1.29, 1.82) is 0 Å². The Morgan fingerprint density at radius 3 is 2.81 bits per heavy atom. The number of hydrogen-bond acceptors (Lipinski definition) is 2. The molecule has 0 saturated heterocycles. The third-order valence-electron chi connectivity index (χ3n) is 2.36. The maximum absolute atomic E-state index is 13.5. The zero-order chi connectivity index (χ0) is 11.7. The number of aromatic hydroxyl groups is 1. The first-order chi connectivity index (χ1) is 7.58. The number of aryl methyl sites for hydroxylation is 1. The van der Waals surface area contributed by atoms with E-state index in [4.69, 9.17) is 11.6 Å². The van der Waals surface area contributed by atoms with Crippen LogP contribution in [0, 0.1) is 5.82 Å². The number of halogens is 2. The van der Waals surface area contributed by atoms with Gasteiger partial charge in [0.25, 0.3) is 0 Å². The molecule has 0 aliphatic carbocycles. The summed E-state index contributed by atoms with van der Waals surface area (Å²) in [7, 11) is 1.73. The molecule has 1 N–H and O–H groups in total. The molecule has 0 aliphatic heterocycles. The van der Waals surface area contributed by atoms with Gasteiger partial charge in [-0.2, -0.15) is 4.98 Å². The van der Waals surface area contributed by atoms with Crippen molar-refractivity contribution in [1.82, 2.24) is 9.55 Å². The number of benzene rings is 1. The van der Waals surface area contributed by atoms with E-state index in [2.05, 4.69) is 4.98 Å². The lowest BCUT2D eigenvalue weighted by Gasteiger charge is -2.05. The zero-order valence-corrected chi connectivity index (χ0v) is 9.37. The molecule has 0 unspecified atom stereocenters. The first-order valence-electron chi connectivity index (χ1n) is 4.72. The number of imidazole rings is 1. The van der Waals surface area contributed by atoms with Gasteiger partial charge in [0.2, 0.25) is 5.88 Å². The van der Waals surface area contributed by atoms with Gasteiger partial charge in [0.15, 0.2) is 0 Å². The van der Waals surface area contributed by atoms with Crippen molar-refractivity contribution < 1.29 is 9.50 Å². The Bertz CT molecular complexity index is 504. The molecule has 0 aliphatic rings. The molecule has 0 bridgehead atoms. The van der Waals surface area contributed by atoms with Crippen molar-refractivity contribution in [3.63, 3.8) is 0 Å². The van der Waals surface area contributed by atoms with Crippen LogP contribution in [0.5, 0.6) is 5.88 Å². The van der Waals surface area contributed by atoms with E-state index in [1.165, 1.54) is 12.3 Å². The highest BCUT2D eigenvalue weighted by Crippen LogP contribution is 2.22. The summed E-state index contributed by atoms with van der Waals surface area (Å²) in [5, 5.41) is 9.56. The van der Waals surface area contributed by atoms with Crippen molar-refractivity contribution in [2.45, 2.75) is 6.42 Å². The van der Waals surface area contributed by atoms with Gasteiger partial charge in [-0.15, -0.1) is 0 Å². The molecule has 0 spiro atoms. The highest BCUT2D eigenvalue weighted by Gasteiger charge is 2.11. The summed E-state index contributed by atoms with van der Waals surface area (Å²) in [6, 6.07) is 4.53. The van der Waals surface area contributed by atoms with Gasteiger partial charge in [0, 0.05) is 24.1 Å². The van der Waals surface area contributed by atoms with Gasteiger partial charge in [0.1, 0.15) is 11.6 Å². The highest BCUT2D eigenvalue weighted by molar-refractivity contribution is 6.31. The Hall–Kier alpha value is -1.55. The van der Waals surface area contributed by atoms with Crippen LogP contribution < -0.4 is 0 Å². The molecule has 3 nitrogen and oxygen atoms in total. The van der Waals surface area contributed by atoms with Crippen LogP contribution in [0.25, 0.3) is 0 Å². The van der Waals surface area contributed by atoms with Crippen LogP contribution in [0.2, 0.25) is 5.02 Å². The van der Waals surface area contributed by atoms with Crippen molar-refractivity contribution in [2.75, 3.05) is 0 Å². The lowest BCUT2D eigenvalue weighted by atomic mass is 10.1. The molecule has 0 amide bonds. The second kappa shape index (κ2) is 4.14.